The van der Waals surface area contributed by atoms with E-state index in [1.54, 1.807) is 17.0 Å². The van der Waals surface area contributed by atoms with Gasteiger partial charge in [-0.15, -0.1) is 0 Å². The zero-order valence-electron chi connectivity index (χ0n) is 14.9. The number of rotatable bonds is 4. The van der Waals surface area contributed by atoms with Gasteiger partial charge in [0.05, 0.1) is 21.3 Å². The van der Waals surface area contributed by atoms with Crippen LogP contribution >= 0.6 is 0 Å². The predicted octanol–water partition coefficient (Wildman–Crippen LogP) is 1.60. The van der Waals surface area contributed by atoms with Crippen LogP contribution < -0.4 is 19.5 Å². The van der Waals surface area contributed by atoms with Gasteiger partial charge >= 0.3 is 0 Å². The Hall–Kier alpha value is -2.44. The van der Waals surface area contributed by atoms with Crippen molar-refractivity contribution in [3.8, 4) is 17.2 Å². The minimum Gasteiger partial charge on any atom is -0.493 e. The number of hydrogen-bond acceptors (Lipinski definition) is 5. The minimum atomic E-state index is -0.726. The van der Waals surface area contributed by atoms with Crippen LogP contribution in [0.2, 0.25) is 0 Å². The topological polar surface area (TPSA) is 77.1 Å². The van der Waals surface area contributed by atoms with E-state index in [1.807, 2.05) is 0 Å². The molecule has 25 heavy (non-hydrogen) atoms. The Morgan fingerprint density at radius 1 is 1.08 bits per heavy atom. The molecule has 2 saturated heterocycles. The summed E-state index contributed by atoms with van der Waals surface area (Å²) in [5.74, 6) is 1.05. The molecule has 2 fully saturated rings. The van der Waals surface area contributed by atoms with Gasteiger partial charge in [-0.25, -0.2) is 0 Å². The van der Waals surface area contributed by atoms with E-state index >= 15 is 0 Å². The van der Waals surface area contributed by atoms with E-state index in [1.165, 1.54) is 21.3 Å². The number of nitrogens with one attached hydrogen (secondary N) is 1. The van der Waals surface area contributed by atoms with Crippen molar-refractivity contribution in [3.63, 3.8) is 0 Å². The second-order valence-corrected chi connectivity index (χ2v) is 6.37. The molecule has 1 N–H and O–H groups in total. The molecule has 2 aliphatic rings. The molecule has 1 aromatic rings. The molecule has 2 aliphatic heterocycles. The van der Waals surface area contributed by atoms with Crippen molar-refractivity contribution >= 4 is 11.8 Å². The van der Waals surface area contributed by atoms with Crippen molar-refractivity contribution in [2.75, 3.05) is 34.4 Å². The van der Waals surface area contributed by atoms with Crippen molar-refractivity contribution < 1.29 is 23.8 Å². The molecule has 0 saturated carbocycles. The summed E-state index contributed by atoms with van der Waals surface area (Å²) in [4.78, 5) is 27.4. The molecular formula is C18H24N2O5. The minimum absolute atomic E-state index is 0.0444. The van der Waals surface area contributed by atoms with Crippen molar-refractivity contribution in [1.29, 1.82) is 0 Å². The normalized spacial score (nSPS) is 22.7. The fraction of sp³-hybridized carbons (Fsp3) is 0.556. The maximum absolute atomic E-state index is 13.2. The van der Waals surface area contributed by atoms with E-state index in [2.05, 4.69) is 5.32 Å². The Morgan fingerprint density at radius 3 is 2.28 bits per heavy atom. The van der Waals surface area contributed by atoms with E-state index in [4.69, 9.17) is 14.2 Å². The quantitative estimate of drug-likeness (QED) is 0.894. The summed E-state index contributed by atoms with van der Waals surface area (Å²) in [5.41, 5.74) is -0.301. The van der Waals surface area contributed by atoms with Crippen LogP contribution in [0.5, 0.6) is 17.2 Å². The summed E-state index contributed by atoms with van der Waals surface area (Å²) in [6.45, 7) is 1.25. The van der Waals surface area contributed by atoms with E-state index in [0.29, 0.717) is 48.7 Å². The van der Waals surface area contributed by atoms with E-state index < -0.39 is 5.54 Å². The number of amides is 2. The van der Waals surface area contributed by atoms with Gasteiger partial charge in [-0.05, 0) is 37.8 Å². The molecule has 1 unspecified atom stereocenters. The largest absolute Gasteiger partial charge is 0.493 e. The smallest absolute Gasteiger partial charge is 0.255 e. The summed E-state index contributed by atoms with van der Waals surface area (Å²) in [6, 6.07) is 3.27. The third kappa shape index (κ3) is 2.77. The number of likely N-dealkylation sites (tertiary alicyclic amines) is 1. The summed E-state index contributed by atoms with van der Waals surface area (Å²) in [5, 5.41) is 2.91. The molecule has 0 aliphatic carbocycles. The maximum Gasteiger partial charge on any atom is 0.255 e. The molecule has 1 atom stereocenters. The van der Waals surface area contributed by atoms with Crippen molar-refractivity contribution in [3.05, 3.63) is 17.7 Å². The SMILES string of the molecule is COc1cc(C(=O)N2CCCC23CCCNC3=O)cc(OC)c1OC. The number of ether oxygens (including phenoxy) is 3. The maximum atomic E-state index is 13.2. The van der Waals surface area contributed by atoms with E-state index in [-0.39, 0.29) is 11.8 Å². The predicted molar refractivity (Wildman–Crippen MR) is 91.3 cm³/mol. The van der Waals surface area contributed by atoms with Crippen LogP contribution in [-0.2, 0) is 4.79 Å². The Kier molecular flexibility index (Phi) is 4.74. The average Bonchev–Trinajstić information content (AvgIpc) is 3.06. The number of hydrogen-bond donors (Lipinski definition) is 1. The summed E-state index contributed by atoms with van der Waals surface area (Å²) >= 11 is 0. The first-order chi connectivity index (χ1) is 12.1. The van der Waals surface area contributed by atoms with Gasteiger partial charge in [-0.1, -0.05) is 0 Å². The van der Waals surface area contributed by atoms with Gasteiger partial charge in [-0.2, -0.15) is 0 Å². The lowest BCUT2D eigenvalue weighted by atomic mass is 9.86. The van der Waals surface area contributed by atoms with Crippen LogP contribution in [0, 0.1) is 0 Å². The summed E-state index contributed by atoms with van der Waals surface area (Å²) in [6.07, 6.45) is 3.11. The van der Waals surface area contributed by atoms with Crippen molar-refractivity contribution in [1.82, 2.24) is 10.2 Å². The molecule has 0 radical (unpaired) electrons. The van der Waals surface area contributed by atoms with Crippen LogP contribution in [-0.4, -0.2) is 56.7 Å². The van der Waals surface area contributed by atoms with Gasteiger partial charge < -0.3 is 24.4 Å². The number of carbonyl (C=O) groups is 2. The molecule has 7 nitrogen and oxygen atoms in total. The summed E-state index contributed by atoms with van der Waals surface area (Å²) < 4.78 is 16.0. The zero-order valence-corrected chi connectivity index (χ0v) is 14.9. The monoisotopic (exact) mass is 348 g/mol. The molecule has 0 bridgehead atoms. The molecule has 0 aromatic heterocycles. The highest BCUT2D eigenvalue weighted by Gasteiger charge is 2.50. The highest BCUT2D eigenvalue weighted by Crippen LogP contribution is 2.41. The van der Waals surface area contributed by atoms with Crippen molar-refractivity contribution in [2.24, 2.45) is 0 Å². The molecule has 2 heterocycles. The number of carbonyl (C=O) groups excluding carboxylic acids is 2. The molecule has 1 spiro atoms. The standard InChI is InChI=1S/C18H24N2O5/c1-23-13-10-12(11-14(24-2)15(13)25-3)16(21)20-9-5-7-18(20)6-4-8-19-17(18)22/h10-11H,4-9H2,1-3H3,(H,19,22). The van der Waals surface area contributed by atoms with Gasteiger partial charge in [0.15, 0.2) is 11.5 Å². The molecule has 7 heteroatoms. The average molecular weight is 348 g/mol. The Bertz CT molecular complexity index is 665. The summed E-state index contributed by atoms with van der Waals surface area (Å²) in [7, 11) is 4.54. The second kappa shape index (κ2) is 6.82. The number of benzene rings is 1. The Balaban J connectivity index is 1.99. The lowest BCUT2D eigenvalue weighted by Gasteiger charge is -2.40. The first-order valence-electron chi connectivity index (χ1n) is 8.47. The van der Waals surface area contributed by atoms with Gasteiger partial charge in [0.25, 0.3) is 5.91 Å². The van der Waals surface area contributed by atoms with Crippen LogP contribution in [0.1, 0.15) is 36.0 Å². The van der Waals surface area contributed by atoms with E-state index in [9.17, 15) is 9.59 Å². The fourth-order valence-corrected chi connectivity index (χ4v) is 3.89. The number of piperidine rings is 1. The molecule has 136 valence electrons. The van der Waals surface area contributed by atoms with Crippen LogP contribution in [0.3, 0.4) is 0 Å². The van der Waals surface area contributed by atoms with Crippen molar-refractivity contribution in [2.45, 2.75) is 31.2 Å². The highest BCUT2D eigenvalue weighted by molar-refractivity contribution is 6.00. The van der Waals surface area contributed by atoms with Gasteiger partial charge in [0, 0.05) is 18.7 Å². The molecular weight excluding hydrogens is 324 g/mol. The molecule has 1 aromatic carbocycles. The zero-order chi connectivity index (χ0) is 18.0. The number of nitrogens with zero attached hydrogens (tertiary/aromatic N) is 1. The third-order valence-corrected chi connectivity index (χ3v) is 5.12. The Labute approximate surface area is 147 Å². The lowest BCUT2D eigenvalue weighted by molar-refractivity contribution is -0.133. The van der Waals surface area contributed by atoms with E-state index in [0.717, 1.165) is 12.8 Å². The third-order valence-electron chi connectivity index (χ3n) is 5.12. The second-order valence-electron chi connectivity index (χ2n) is 6.37. The van der Waals surface area contributed by atoms with Gasteiger partial charge in [0.1, 0.15) is 5.54 Å². The molecule has 2 amide bonds. The van der Waals surface area contributed by atoms with Crippen LogP contribution in [0.4, 0.5) is 0 Å². The Morgan fingerprint density at radius 2 is 1.72 bits per heavy atom. The van der Waals surface area contributed by atoms with Gasteiger partial charge in [0.2, 0.25) is 11.7 Å². The molecule has 3 rings (SSSR count). The lowest BCUT2D eigenvalue weighted by Crippen LogP contribution is -2.60. The fourth-order valence-electron chi connectivity index (χ4n) is 3.89. The van der Waals surface area contributed by atoms with Crippen LogP contribution in [0.25, 0.3) is 0 Å². The van der Waals surface area contributed by atoms with Crippen LogP contribution in [0.15, 0.2) is 12.1 Å². The van der Waals surface area contributed by atoms with Gasteiger partial charge in [-0.3, -0.25) is 9.59 Å². The highest BCUT2D eigenvalue weighted by atomic mass is 16.5. The first kappa shape index (κ1) is 17.4. The number of methoxy groups -OCH3 is 3. The first-order valence-corrected chi connectivity index (χ1v) is 8.47.